The summed E-state index contributed by atoms with van der Waals surface area (Å²) in [7, 11) is 0. The van der Waals surface area contributed by atoms with E-state index in [0.29, 0.717) is 21.6 Å². The van der Waals surface area contributed by atoms with Gasteiger partial charge in [0.15, 0.2) is 0 Å². The first-order valence-corrected chi connectivity index (χ1v) is 10.4. The summed E-state index contributed by atoms with van der Waals surface area (Å²) in [6.45, 7) is 0. The number of rotatable bonds is 5. The van der Waals surface area contributed by atoms with Gasteiger partial charge in [-0.2, -0.15) is 0 Å². The molecule has 3 rings (SSSR count). The van der Waals surface area contributed by atoms with Gasteiger partial charge < -0.3 is 11.1 Å². The fourth-order valence-electron chi connectivity index (χ4n) is 3.50. The Morgan fingerprint density at radius 3 is 2.61 bits per heavy atom. The third kappa shape index (κ3) is 4.10. The second-order valence-corrected chi connectivity index (χ2v) is 8.79. The van der Waals surface area contributed by atoms with E-state index in [0.717, 1.165) is 31.2 Å². The zero-order valence-corrected chi connectivity index (χ0v) is 15.0. The molecule has 2 aliphatic rings. The topological polar surface area (TPSA) is 72.2 Å². The summed E-state index contributed by atoms with van der Waals surface area (Å²) in [6.07, 6.45) is 10.5. The Bertz CT molecular complexity index is 592. The van der Waals surface area contributed by atoms with Crippen LogP contribution in [-0.4, -0.2) is 22.8 Å². The molecule has 0 atom stereocenters. The van der Waals surface area contributed by atoms with E-state index >= 15 is 0 Å². The number of thioether (sulfide) groups is 1. The van der Waals surface area contributed by atoms with Crippen LogP contribution in [-0.2, 0) is 17.6 Å². The van der Waals surface area contributed by atoms with Crippen molar-refractivity contribution in [1.82, 2.24) is 0 Å². The first kappa shape index (κ1) is 16.8. The van der Waals surface area contributed by atoms with Crippen molar-refractivity contribution in [2.75, 3.05) is 11.1 Å². The second-order valence-electron chi connectivity index (χ2n) is 6.40. The second kappa shape index (κ2) is 7.71. The van der Waals surface area contributed by atoms with Gasteiger partial charge >= 0.3 is 0 Å². The molecule has 1 saturated carbocycles. The molecule has 1 fully saturated rings. The Morgan fingerprint density at radius 1 is 1.13 bits per heavy atom. The molecule has 2 aliphatic carbocycles. The molecule has 0 aliphatic heterocycles. The SMILES string of the molecule is NC(=O)c1c(NC(=O)CSC2CCCCC2)sc2c1CCCC2. The third-order valence-electron chi connectivity index (χ3n) is 4.67. The van der Waals surface area contributed by atoms with Crippen molar-refractivity contribution in [3.8, 4) is 0 Å². The van der Waals surface area contributed by atoms with Crippen molar-refractivity contribution < 1.29 is 9.59 Å². The van der Waals surface area contributed by atoms with Crippen LogP contribution < -0.4 is 11.1 Å². The normalized spacial score (nSPS) is 18.4. The Hall–Kier alpha value is -1.01. The van der Waals surface area contributed by atoms with Crippen molar-refractivity contribution in [3.63, 3.8) is 0 Å². The van der Waals surface area contributed by atoms with Gasteiger partial charge in [0.05, 0.1) is 11.3 Å². The Morgan fingerprint density at radius 2 is 1.87 bits per heavy atom. The number of nitrogens with two attached hydrogens (primary N) is 1. The lowest BCUT2D eigenvalue weighted by atomic mass is 9.95. The van der Waals surface area contributed by atoms with E-state index in [9.17, 15) is 9.59 Å². The number of carbonyl (C=O) groups excluding carboxylic acids is 2. The minimum atomic E-state index is -0.417. The third-order valence-corrected chi connectivity index (χ3v) is 7.25. The van der Waals surface area contributed by atoms with Crippen LogP contribution in [0, 0.1) is 0 Å². The highest BCUT2D eigenvalue weighted by atomic mass is 32.2. The number of thiophene rings is 1. The van der Waals surface area contributed by atoms with Crippen LogP contribution in [0.25, 0.3) is 0 Å². The molecule has 0 unspecified atom stereocenters. The van der Waals surface area contributed by atoms with Crippen LogP contribution in [0.5, 0.6) is 0 Å². The molecule has 4 nitrogen and oxygen atoms in total. The maximum absolute atomic E-state index is 12.3. The van der Waals surface area contributed by atoms with Crippen molar-refractivity contribution >= 4 is 39.9 Å². The van der Waals surface area contributed by atoms with Gasteiger partial charge in [0.1, 0.15) is 5.00 Å². The van der Waals surface area contributed by atoms with E-state index in [4.69, 9.17) is 5.73 Å². The number of aryl methyl sites for hydroxylation is 1. The Labute approximate surface area is 145 Å². The number of hydrogen-bond acceptors (Lipinski definition) is 4. The Kier molecular flexibility index (Phi) is 5.64. The van der Waals surface area contributed by atoms with Gasteiger partial charge in [-0.1, -0.05) is 19.3 Å². The Balaban J connectivity index is 1.63. The molecular formula is C17H24N2O2S2. The van der Waals surface area contributed by atoms with E-state index in [1.807, 2.05) is 0 Å². The largest absolute Gasteiger partial charge is 0.365 e. The van der Waals surface area contributed by atoms with Gasteiger partial charge in [0.25, 0.3) is 5.91 Å². The zero-order valence-electron chi connectivity index (χ0n) is 13.4. The van der Waals surface area contributed by atoms with Gasteiger partial charge in [0.2, 0.25) is 5.91 Å². The van der Waals surface area contributed by atoms with Crippen LogP contribution in [0.3, 0.4) is 0 Å². The number of fused-ring (bicyclic) bond motifs is 1. The molecule has 2 amide bonds. The molecule has 6 heteroatoms. The summed E-state index contributed by atoms with van der Waals surface area (Å²) in [6, 6.07) is 0. The maximum Gasteiger partial charge on any atom is 0.251 e. The molecule has 1 aromatic heterocycles. The van der Waals surface area contributed by atoms with Crippen molar-refractivity contribution in [1.29, 1.82) is 0 Å². The molecular weight excluding hydrogens is 328 g/mol. The molecule has 23 heavy (non-hydrogen) atoms. The van der Waals surface area contributed by atoms with Crippen LogP contribution in [0.1, 0.15) is 65.7 Å². The number of carbonyl (C=O) groups is 2. The fraction of sp³-hybridized carbons (Fsp3) is 0.647. The highest BCUT2D eigenvalue weighted by Crippen LogP contribution is 2.38. The smallest absolute Gasteiger partial charge is 0.251 e. The highest BCUT2D eigenvalue weighted by molar-refractivity contribution is 8.00. The predicted molar refractivity (Wildman–Crippen MR) is 97.4 cm³/mol. The predicted octanol–water partition coefficient (Wildman–Crippen LogP) is 3.73. The summed E-state index contributed by atoms with van der Waals surface area (Å²) in [5, 5.41) is 4.22. The lowest BCUT2D eigenvalue weighted by Crippen LogP contribution is -2.20. The lowest BCUT2D eigenvalue weighted by Gasteiger charge is -2.20. The molecule has 0 aromatic carbocycles. The van der Waals surface area contributed by atoms with E-state index in [1.165, 1.54) is 48.3 Å². The van der Waals surface area contributed by atoms with Gasteiger partial charge in [-0.3, -0.25) is 9.59 Å². The average molecular weight is 353 g/mol. The molecule has 0 bridgehead atoms. The fourth-order valence-corrected chi connectivity index (χ4v) is 5.94. The first-order valence-electron chi connectivity index (χ1n) is 8.51. The monoisotopic (exact) mass is 352 g/mol. The quantitative estimate of drug-likeness (QED) is 0.848. The van der Waals surface area contributed by atoms with Gasteiger partial charge in [-0.25, -0.2) is 0 Å². The standard InChI is InChI=1S/C17H24N2O2S2/c18-16(21)15-12-8-4-5-9-13(12)23-17(15)19-14(20)10-22-11-6-2-1-3-7-11/h11H,1-10H2,(H2,18,21)(H,19,20). The minimum absolute atomic E-state index is 0.0123. The van der Waals surface area contributed by atoms with E-state index in [2.05, 4.69) is 5.32 Å². The highest BCUT2D eigenvalue weighted by Gasteiger charge is 2.25. The number of anilines is 1. The summed E-state index contributed by atoms with van der Waals surface area (Å²) in [5.41, 5.74) is 7.19. The maximum atomic E-state index is 12.3. The zero-order chi connectivity index (χ0) is 16.2. The van der Waals surface area contributed by atoms with Gasteiger partial charge in [0, 0.05) is 10.1 Å². The molecule has 0 radical (unpaired) electrons. The average Bonchev–Trinajstić information content (AvgIpc) is 2.91. The van der Waals surface area contributed by atoms with Crippen molar-refractivity contribution in [2.45, 2.75) is 63.0 Å². The van der Waals surface area contributed by atoms with Crippen LogP contribution >= 0.6 is 23.1 Å². The van der Waals surface area contributed by atoms with Gasteiger partial charge in [-0.05, 0) is 44.1 Å². The van der Waals surface area contributed by atoms with Crippen molar-refractivity contribution in [2.24, 2.45) is 5.73 Å². The van der Waals surface area contributed by atoms with Crippen molar-refractivity contribution in [3.05, 3.63) is 16.0 Å². The van der Waals surface area contributed by atoms with Gasteiger partial charge in [-0.15, -0.1) is 23.1 Å². The number of amides is 2. The number of nitrogens with one attached hydrogen (secondary N) is 1. The van der Waals surface area contributed by atoms with Crippen LogP contribution in [0.2, 0.25) is 0 Å². The van der Waals surface area contributed by atoms with E-state index in [-0.39, 0.29) is 5.91 Å². The first-order chi connectivity index (χ1) is 11.1. The van der Waals surface area contributed by atoms with Crippen LogP contribution in [0.4, 0.5) is 5.00 Å². The molecule has 126 valence electrons. The summed E-state index contributed by atoms with van der Waals surface area (Å²) < 4.78 is 0. The summed E-state index contributed by atoms with van der Waals surface area (Å²) >= 11 is 3.29. The molecule has 0 spiro atoms. The number of hydrogen-bond donors (Lipinski definition) is 2. The minimum Gasteiger partial charge on any atom is -0.365 e. The molecule has 3 N–H and O–H groups in total. The van der Waals surface area contributed by atoms with Crippen LogP contribution in [0.15, 0.2) is 0 Å². The molecule has 0 saturated heterocycles. The molecule has 1 heterocycles. The summed E-state index contributed by atoms with van der Waals surface area (Å²) in [4.78, 5) is 25.3. The van der Waals surface area contributed by atoms with E-state index < -0.39 is 5.91 Å². The van der Waals surface area contributed by atoms with E-state index in [1.54, 1.807) is 11.8 Å². The summed E-state index contributed by atoms with van der Waals surface area (Å²) in [5.74, 6) is 0.0344. The lowest BCUT2D eigenvalue weighted by molar-refractivity contribution is -0.113. The number of primary amides is 1. The molecule has 1 aromatic rings.